The highest BCUT2D eigenvalue weighted by atomic mass is 16.5. The van der Waals surface area contributed by atoms with E-state index in [1.807, 2.05) is 33.8 Å². The van der Waals surface area contributed by atoms with Crippen LogP contribution in [0.2, 0.25) is 0 Å². The van der Waals surface area contributed by atoms with Gasteiger partial charge in [0, 0.05) is 0 Å². The fourth-order valence-corrected chi connectivity index (χ4v) is 2.31. The van der Waals surface area contributed by atoms with Gasteiger partial charge in [0.25, 0.3) is 0 Å². The summed E-state index contributed by atoms with van der Waals surface area (Å²) in [7, 11) is 0. The molecule has 2 aromatic carbocycles. The van der Waals surface area contributed by atoms with Crippen molar-refractivity contribution >= 4 is 11.9 Å². The zero-order chi connectivity index (χ0) is 17.7. The number of rotatable bonds is 5. The molecule has 2 rings (SSSR count). The molecule has 4 nitrogen and oxygen atoms in total. The van der Waals surface area contributed by atoms with E-state index in [0.29, 0.717) is 12.4 Å². The molecule has 0 fully saturated rings. The lowest BCUT2D eigenvalue weighted by molar-refractivity contribution is 0.0452. The fourth-order valence-electron chi connectivity index (χ4n) is 2.31. The lowest BCUT2D eigenvalue weighted by atomic mass is 10.1. The summed E-state index contributed by atoms with van der Waals surface area (Å²) in [6.07, 6.45) is 0. The molecular weight excluding hydrogens is 304 g/mol. The van der Waals surface area contributed by atoms with Gasteiger partial charge in [0.05, 0.1) is 17.7 Å². The zero-order valence-electron chi connectivity index (χ0n) is 14.5. The highest BCUT2D eigenvalue weighted by Gasteiger charge is 2.20. The Morgan fingerprint density at radius 1 is 0.917 bits per heavy atom. The first kappa shape index (κ1) is 17.7. The minimum Gasteiger partial charge on any atom is -0.462 e. The lowest BCUT2D eigenvalue weighted by Gasteiger charge is -2.11. The summed E-state index contributed by atoms with van der Waals surface area (Å²) < 4.78 is 10.7. The predicted molar refractivity (Wildman–Crippen MR) is 92.4 cm³/mol. The Kier molecular flexibility index (Phi) is 5.74. The molecule has 0 radical (unpaired) electrons. The van der Waals surface area contributed by atoms with E-state index in [2.05, 4.69) is 0 Å². The van der Waals surface area contributed by atoms with Gasteiger partial charge in [-0.25, -0.2) is 9.59 Å². The van der Waals surface area contributed by atoms with Crippen LogP contribution in [0.5, 0.6) is 5.75 Å². The molecule has 0 amide bonds. The van der Waals surface area contributed by atoms with Crippen LogP contribution >= 0.6 is 0 Å². The highest BCUT2D eigenvalue weighted by molar-refractivity contribution is 6.03. The minimum absolute atomic E-state index is 0.199. The lowest BCUT2D eigenvalue weighted by Crippen LogP contribution is -2.17. The van der Waals surface area contributed by atoms with Crippen molar-refractivity contribution in [2.75, 3.05) is 6.61 Å². The quantitative estimate of drug-likeness (QED) is 0.606. The molecule has 0 spiro atoms. The third-order valence-electron chi connectivity index (χ3n) is 3.32. The van der Waals surface area contributed by atoms with Crippen LogP contribution in [0.1, 0.15) is 45.7 Å². The molecule has 0 heterocycles. The van der Waals surface area contributed by atoms with Gasteiger partial charge in [0.1, 0.15) is 5.75 Å². The number of carbonyl (C=O) groups is 2. The smallest absolute Gasteiger partial charge is 0.344 e. The Bertz CT molecular complexity index is 727. The van der Waals surface area contributed by atoms with E-state index in [4.69, 9.17) is 9.47 Å². The Labute approximate surface area is 142 Å². The van der Waals surface area contributed by atoms with Gasteiger partial charge < -0.3 is 9.47 Å². The fraction of sp³-hybridized carbons (Fsp3) is 0.300. The van der Waals surface area contributed by atoms with Gasteiger partial charge in [-0.3, -0.25) is 0 Å². The molecule has 4 heteroatoms. The van der Waals surface area contributed by atoms with Crippen molar-refractivity contribution in [2.24, 2.45) is 5.92 Å². The monoisotopic (exact) mass is 326 g/mol. The van der Waals surface area contributed by atoms with Crippen LogP contribution in [0.3, 0.4) is 0 Å². The van der Waals surface area contributed by atoms with Crippen LogP contribution in [0.25, 0.3) is 0 Å². The van der Waals surface area contributed by atoms with E-state index in [1.165, 1.54) is 0 Å². The first-order valence-electron chi connectivity index (χ1n) is 7.93. The zero-order valence-corrected chi connectivity index (χ0v) is 14.5. The van der Waals surface area contributed by atoms with Crippen molar-refractivity contribution < 1.29 is 19.1 Å². The highest BCUT2D eigenvalue weighted by Crippen LogP contribution is 2.19. The maximum Gasteiger partial charge on any atom is 0.344 e. The topological polar surface area (TPSA) is 52.6 Å². The summed E-state index contributed by atoms with van der Waals surface area (Å²) >= 11 is 0. The Hall–Kier alpha value is -2.62. The summed E-state index contributed by atoms with van der Waals surface area (Å²) in [4.78, 5) is 24.7. The number of aryl methyl sites for hydroxylation is 2. The average Bonchev–Trinajstić information content (AvgIpc) is 2.51. The van der Waals surface area contributed by atoms with Gasteiger partial charge in [0.2, 0.25) is 0 Å². The average molecular weight is 326 g/mol. The molecular formula is C20H22O4. The van der Waals surface area contributed by atoms with Gasteiger partial charge >= 0.3 is 11.9 Å². The number of carbonyl (C=O) groups excluding carboxylic acids is 2. The minimum atomic E-state index is -0.572. The maximum absolute atomic E-state index is 12.5. The van der Waals surface area contributed by atoms with Gasteiger partial charge in [-0.05, 0) is 55.2 Å². The van der Waals surface area contributed by atoms with Gasteiger partial charge in [-0.2, -0.15) is 0 Å². The molecule has 2 aromatic rings. The molecule has 126 valence electrons. The number of ether oxygens (including phenoxy) is 2. The van der Waals surface area contributed by atoms with E-state index < -0.39 is 11.9 Å². The van der Waals surface area contributed by atoms with E-state index in [-0.39, 0.29) is 17.0 Å². The third kappa shape index (κ3) is 4.69. The van der Waals surface area contributed by atoms with Gasteiger partial charge in [-0.15, -0.1) is 0 Å². The molecule has 0 saturated carbocycles. The van der Waals surface area contributed by atoms with Crippen molar-refractivity contribution in [3.8, 4) is 5.75 Å². The van der Waals surface area contributed by atoms with Crippen LogP contribution in [-0.4, -0.2) is 18.5 Å². The summed E-state index contributed by atoms with van der Waals surface area (Å²) in [5, 5.41) is 0. The second kappa shape index (κ2) is 7.77. The third-order valence-corrected chi connectivity index (χ3v) is 3.32. The number of benzene rings is 2. The SMILES string of the molecule is Cc1cc(C)cc(OC(=O)c2ccccc2C(=O)OCC(C)C)c1. The van der Waals surface area contributed by atoms with E-state index in [0.717, 1.165) is 11.1 Å². The predicted octanol–water partition coefficient (Wildman–Crippen LogP) is 4.34. The molecule has 0 bridgehead atoms. The van der Waals surface area contributed by atoms with Gasteiger partial charge in [-0.1, -0.05) is 32.0 Å². The second-order valence-corrected chi connectivity index (χ2v) is 6.25. The number of esters is 2. The molecule has 0 atom stereocenters. The summed E-state index contributed by atoms with van der Waals surface area (Å²) in [5.41, 5.74) is 2.42. The number of hydrogen-bond donors (Lipinski definition) is 0. The van der Waals surface area contributed by atoms with Crippen LogP contribution in [-0.2, 0) is 4.74 Å². The second-order valence-electron chi connectivity index (χ2n) is 6.25. The molecule has 0 unspecified atom stereocenters. The molecule has 0 aliphatic rings. The largest absolute Gasteiger partial charge is 0.462 e. The Morgan fingerprint density at radius 3 is 2.00 bits per heavy atom. The van der Waals surface area contributed by atoms with Crippen molar-refractivity contribution in [1.29, 1.82) is 0 Å². The van der Waals surface area contributed by atoms with E-state index in [1.54, 1.807) is 36.4 Å². The molecule has 0 aliphatic carbocycles. The summed E-state index contributed by atoms with van der Waals surface area (Å²) in [6, 6.07) is 12.1. The van der Waals surface area contributed by atoms with E-state index >= 15 is 0 Å². The van der Waals surface area contributed by atoms with Crippen molar-refractivity contribution in [3.63, 3.8) is 0 Å². The Morgan fingerprint density at radius 2 is 1.46 bits per heavy atom. The summed E-state index contributed by atoms with van der Waals surface area (Å²) in [5.74, 6) is -0.403. The van der Waals surface area contributed by atoms with Crippen molar-refractivity contribution in [2.45, 2.75) is 27.7 Å². The van der Waals surface area contributed by atoms with Crippen molar-refractivity contribution in [1.82, 2.24) is 0 Å². The maximum atomic E-state index is 12.5. The number of hydrogen-bond acceptors (Lipinski definition) is 4. The van der Waals surface area contributed by atoms with Crippen LogP contribution in [0.15, 0.2) is 42.5 Å². The van der Waals surface area contributed by atoms with Crippen LogP contribution in [0.4, 0.5) is 0 Å². The van der Waals surface area contributed by atoms with Gasteiger partial charge in [0.15, 0.2) is 0 Å². The normalized spacial score (nSPS) is 10.5. The van der Waals surface area contributed by atoms with E-state index in [9.17, 15) is 9.59 Å². The van der Waals surface area contributed by atoms with Crippen LogP contribution in [0, 0.1) is 19.8 Å². The molecule has 24 heavy (non-hydrogen) atoms. The summed E-state index contributed by atoms with van der Waals surface area (Å²) in [6.45, 7) is 8.07. The molecule has 0 saturated heterocycles. The molecule has 0 aromatic heterocycles. The standard InChI is InChI=1S/C20H22O4/c1-13(2)12-23-19(21)17-7-5-6-8-18(17)20(22)24-16-10-14(3)9-15(4)11-16/h5-11,13H,12H2,1-4H3. The van der Waals surface area contributed by atoms with Crippen LogP contribution < -0.4 is 4.74 Å². The molecule has 0 aliphatic heterocycles. The first-order chi connectivity index (χ1) is 11.4. The Balaban J connectivity index is 2.21. The molecule has 0 N–H and O–H groups in total. The first-order valence-corrected chi connectivity index (χ1v) is 7.93. The van der Waals surface area contributed by atoms with Crippen molar-refractivity contribution in [3.05, 3.63) is 64.7 Å².